The van der Waals surface area contributed by atoms with Crippen molar-refractivity contribution in [3.05, 3.63) is 11.5 Å². The number of hydrogen-bond donors (Lipinski definition) is 4. The molecule has 6 N–H and O–H groups in total. The molecule has 0 saturated heterocycles. The van der Waals surface area contributed by atoms with Crippen LogP contribution in [0.15, 0.2) is 11.5 Å². The van der Waals surface area contributed by atoms with Gasteiger partial charge in [0.25, 0.3) is 5.91 Å². The minimum atomic E-state index is -0.648. The molecular formula is C7H13N5O2. The van der Waals surface area contributed by atoms with Crippen molar-refractivity contribution in [3.63, 3.8) is 0 Å². The van der Waals surface area contributed by atoms with Gasteiger partial charge in [0.05, 0.1) is 0 Å². The summed E-state index contributed by atoms with van der Waals surface area (Å²) < 4.78 is 0. The van der Waals surface area contributed by atoms with Crippen LogP contribution >= 0.6 is 0 Å². The minimum Gasteiger partial charge on any atom is -0.383 e. The molecule has 1 rings (SSSR count). The second kappa shape index (κ2) is 3.97. The topological polar surface area (TPSA) is 113 Å². The molecular weight excluding hydrogens is 186 g/mol. The number of carbonyl (C=O) groups is 2. The fourth-order valence-corrected chi connectivity index (χ4v) is 1.26. The van der Waals surface area contributed by atoms with Gasteiger partial charge >= 0.3 is 0 Å². The predicted molar refractivity (Wildman–Crippen MR) is 48.9 cm³/mol. The molecule has 0 bridgehead atoms. The van der Waals surface area contributed by atoms with Crippen molar-refractivity contribution in [3.8, 4) is 0 Å². The van der Waals surface area contributed by atoms with Gasteiger partial charge in [-0.15, -0.1) is 0 Å². The molecule has 0 aliphatic carbocycles. The molecule has 0 aromatic heterocycles. The second-order valence-corrected chi connectivity index (χ2v) is 2.73. The van der Waals surface area contributed by atoms with E-state index in [2.05, 4.69) is 10.6 Å². The molecule has 7 nitrogen and oxygen atoms in total. The minimum absolute atomic E-state index is 0.0311. The number of amides is 2. The molecule has 14 heavy (non-hydrogen) atoms. The van der Waals surface area contributed by atoms with Crippen molar-refractivity contribution < 1.29 is 9.59 Å². The molecule has 1 aliphatic rings. The lowest BCUT2D eigenvalue weighted by molar-refractivity contribution is -0.122. The van der Waals surface area contributed by atoms with Crippen molar-refractivity contribution in [2.45, 2.75) is 13.2 Å². The molecule has 2 amide bonds. The van der Waals surface area contributed by atoms with Crippen molar-refractivity contribution in [1.82, 2.24) is 15.5 Å². The Bertz CT molecular complexity index is 288. The van der Waals surface area contributed by atoms with Crippen molar-refractivity contribution in [2.75, 3.05) is 6.54 Å². The van der Waals surface area contributed by atoms with E-state index in [4.69, 9.17) is 11.5 Å². The molecule has 1 unspecified atom stereocenters. The summed E-state index contributed by atoms with van der Waals surface area (Å²) in [5, 5.41) is 4.68. The van der Waals surface area contributed by atoms with E-state index in [9.17, 15) is 9.59 Å². The lowest BCUT2D eigenvalue weighted by Crippen LogP contribution is -2.60. The summed E-state index contributed by atoms with van der Waals surface area (Å²) in [6.45, 7) is 2.38. The molecule has 1 heterocycles. The molecule has 1 atom stereocenters. The summed E-state index contributed by atoms with van der Waals surface area (Å²) in [6.07, 6.45) is -0.253. The maximum absolute atomic E-state index is 11.3. The molecule has 0 radical (unpaired) electrons. The summed E-state index contributed by atoms with van der Waals surface area (Å²) in [5.41, 5.74) is 11.3. The Morgan fingerprint density at radius 1 is 1.71 bits per heavy atom. The zero-order chi connectivity index (χ0) is 10.7. The van der Waals surface area contributed by atoms with Crippen LogP contribution in [0.4, 0.5) is 0 Å². The van der Waals surface area contributed by atoms with Crippen LogP contribution in [-0.4, -0.2) is 30.1 Å². The van der Waals surface area contributed by atoms with E-state index in [1.54, 1.807) is 4.90 Å². The van der Waals surface area contributed by atoms with Gasteiger partial charge in [0.2, 0.25) is 6.41 Å². The van der Waals surface area contributed by atoms with E-state index >= 15 is 0 Å². The molecule has 78 valence electrons. The first-order valence-corrected chi connectivity index (χ1v) is 4.14. The van der Waals surface area contributed by atoms with Gasteiger partial charge in [-0.3, -0.25) is 15.3 Å². The number of nitrogens with one attached hydrogen (secondary N) is 2. The first-order chi connectivity index (χ1) is 6.61. The van der Waals surface area contributed by atoms with Crippen LogP contribution in [0.3, 0.4) is 0 Å². The zero-order valence-corrected chi connectivity index (χ0v) is 7.78. The van der Waals surface area contributed by atoms with E-state index in [0.717, 1.165) is 0 Å². The average molecular weight is 199 g/mol. The zero-order valence-electron chi connectivity index (χ0n) is 7.78. The summed E-state index contributed by atoms with van der Waals surface area (Å²) in [7, 11) is 0. The number of nitrogens with zero attached hydrogens (tertiary/aromatic N) is 1. The SMILES string of the molecule is CCN1C(N)=C(NC=O)C(=O)NC1N. The second-order valence-electron chi connectivity index (χ2n) is 2.73. The van der Waals surface area contributed by atoms with Crippen molar-refractivity contribution in [1.29, 1.82) is 0 Å². The first kappa shape index (κ1) is 10.3. The molecule has 7 heteroatoms. The first-order valence-electron chi connectivity index (χ1n) is 4.14. The monoisotopic (exact) mass is 199 g/mol. The van der Waals surface area contributed by atoms with Crippen LogP contribution in [0.5, 0.6) is 0 Å². The predicted octanol–water partition coefficient (Wildman–Crippen LogP) is -2.45. The number of nitrogens with two attached hydrogens (primary N) is 2. The van der Waals surface area contributed by atoms with Crippen LogP contribution in [0.2, 0.25) is 0 Å². The maximum atomic E-state index is 11.3. The van der Waals surface area contributed by atoms with E-state index < -0.39 is 12.2 Å². The summed E-state index contributed by atoms with van der Waals surface area (Å²) >= 11 is 0. The Morgan fingerprint density at radius 3 is 2.86 bits per heavy atom. The normalized spacial score (nSPS) is 22.0. The average Bonchev–Trinajstić information content (AvgIpc) is 2.12. The lowest BCUT2D eigenvalue weighted by atomic mass is 10.3. The summed E-state index contributed by atoms with van der Waals surface area (Å²) in [6, 6.07) is 0. The molecule has 0 aromatic carbocycles. The van der Waals surface area contributed by atoms with E-state index in [-0.39, 0.29) is 11.5 Å². The molecule has 0 saturated carbocycles. The number of rotatable bonds is 3. The third-order valence-corrected chi connectivity index (χ3v) is 1.95. The third kappa shape index (κ3) is 1.62. The molecule has 1 aliphatic heterocycles. The van der Waals surface area contributed by atoms with Gasteiger partial charge in [0, 0.05) is 6.54 Å². The maximum Gasteiger partial charge on any atom is 0.274 e. The lowest BCUT2D eigenvalue weighted by Gasteiger charge is -2.35. The van der Waals surface area contributed by atoms with Crippen LogP contribution in [0.25, 0.3) is 0 Å². The number of hydrogen-bond acceptors (Lipinski definition) is 5. The van der Waals surface area contributed by atoms with Gasteiger partial charge in [-0.2, -0.15) is 0 Å². The highest BCUT2D eigenvalue weighted by Crippen LogP contribution is 2.09. The Hall–Kier alpha value is -1.76. The fourth-order valence-electron chi connectivity index (χ4n) is 1.26. The van der Waals surface area contributed by atoms with Gasteiger partial charge < -0.3 is 21.3 Å². The van der Waals surface area contributed by atoms with Crippen LogP contribution in [0, 0.1) is 0 Å². The standard InChI is InChI=1S/C7H13N5O2/c1-2-12-5(8)4(10-3-13)6(14)11-7(12)9/h3,7H,2,8-9H2,1H3,(H,10,13)(H,11,14). The van der Waals surface area contributed by atoms with Crippen LogP contribution in [-0.2, 0) is 9.59 Å². The Labute approximate surface area is 81.1 Å². The molecule has 0 aromatic rings. The highest BCUT2D eigenvalue weighted by atomic mass is 16.2. The Kier molecular flexibility index (Phi) is 2.92. The quantitative estimate of drug-likeness (QED) is 0.377. The Morgan fingerprint density at radius 2 is 2.36 bits per heavy atom. The fraction of sp³-hybridized carbons (Fsp3) is 0.429. The summed E-state index contributed by atoms with van der Waals surface area (Å²) in [4.78, 5) is 23.1. The van der Waals surface area contributed by atoms with E-state index in [1.165, 1.54) is 0 Å². The Balaban J connectivity index is 3.01. The molecule has 0 spiro atoms. The smallest absolute Gasteiger partial charge is 0.274 e. The third-order valence-electron chi connectivity index (χ3n) is 1.95. The van der Waals surface area contributed by atoms with Gasteiger partial charge in [-0.1, -0.05) is 0 Å². The van der Waals surface area contributed by atoms with Gasteiger partial charge in [-0.25, -0.2) is 0 Å². The van der Waals surface area contributed by atoms with Crippen LogP contribution in [0.1, 0.15) is 6.92 Å². The van der Waals surface area contributed by atoms with E-state index in [0.29, 0.717) is 13.0 Å². The van der Waals surface area contributed by atoms with Gasteiger partial charge in [0.15, 0.2) is 6.29 Å². The molecule has 0 fully saturated rings. The van der Waals surface area contributed by atoms with Crippen molar-refractivity contribution in [2.24, 2.45) is 11.5 Å². The highest BCUT2D eigenvalue weighted by molar-refractivity contribution is 5.96. The van der Waals surface area contributed by atoms with Gasteiger partial charge in [0.1, 0.15) is 11.5 Å². The largest absolute Gasteiger partial charge is 0.383 e. The van der Waals surface area contributed by atoms with E-state index in [1.807, 2.05) is 6.92 Å². The number of carbonyl (C=O) groups excluding carboxylic acids is 2. The van der Waals surface area contributed by atoms with Crippen molar-refractivity contribution >= 4 is 12.3 Å². The van der Waals surface area contributed by atoms with Crippen LogP contribution < -0.4 is 22.1 Å². The van der Waals surface area contributed by atoms with Gasteiger partial charge in [-0.05, 0) is 6.92 Å². The summed E-state index contributed by atoms with van der Waals surface area (Å²) in [5.74, 6) is -0.303. The highest BCUT2D eigenvalue weighted by Gasteiger charge is 2.28.